The molecule has 0 saturated carbocycles. The van der Waals surface area contributed by atoms with Gasteiger partial charge in [0.05, 0.1) is 18.9 Å². The van der Waals surface area contributed by atoms with Gasteiger partial charge in [-0.2, -0.15) is 0 Å². The number of carbonyl (C=O) groups excluding carboxylic acids is 3. The maximum absolute atomic E-state index is 12.4. The van der Waals surface area contributed by atoms with Crippen molar-refractivity contribution in [2.24, 2.45) is 0 Å². The van der Waals surface area contributed by atoms with Gasteiger partial charge in [0.25, 0.3) is 5.91 Å². The number of benzene rings is 1. The van der Waals surface area contributed by atoms with Crippen LogP contribution < -0.4 is 15.0 Å². The number of rotatable bonds is 8. The number of likely N-dealkylation sites (N-methyl/N-ethyl adjacent to an activating group) is 1. The Hall–Kier alpha value is -2.45. The molecule has 1 saturated heterocycles. The fourth-order valence-corrected chi connectivity index (χ4v) is 3.26. The van der Waals surface area contributed by atoms with E-state index in [0.29, 0.717) is 23.5 Å². The summed E-state index contributed by atoms with van der Waals surface area (Å²) in [6, 6.07) is 5.01. The Bertz CT molecular complexity index is 731. The number of carbonyl (C=O) groups is 3. The first-order valence-electron chi connectivity index (χ1n) is 9.68. The van der Waals surface area contributed by atoms with Crippen LogP contribution in [-0.4, -0.2) is 75.5 Å². The summed E-state index contributed by atoms with van der Waals surface area (Å²) in [7, 11) is 1.66. The second-order valence-electron chi connectivity index (χ2n) is 7.00. The summed E-state index contributed by atoms with van der Waals surface area (Å²) in [6.07, 6.45) is 1.16. The zero-order chi connectivity index (χ0) is 19.9. The van der Waals surface area contributed by atoms with Gasteiger partial charge >= 0.3 is 0 Å². The van der Waals surface area contributed by atoms with Crippen LogP contribution in [0, 0.1) is 0 Å². The summed E-state index contributed by atoms with van der Waals surface area (Å²) < 4.78 is 10.7. The van der Waals surface area contributed by atoms with Gasteiger partial charge in [0, 0.05) is 45.1 Å². The van der Waals surface area contributed by atoms with E-state index < -0.39 is 0 Å². The number of anilines is 1. The Morgan fingerprint density at radius 3 is 2.75 bits per heavy atom. The lowest BCUT2D eigenvalue weighted by atomic mass is 10.0. The van der Waals surface area contributed by atoms with E-state index in [2.05, 4.69) is 10.2 Å². The molecule has 28 heavy (non-hydrogen) atoms. The first kappa shape index (κ1) is 20.3. The molecule has 0 spiro atoms. The molecule has 2 aliphatic rings. The largest absolute Gasteiger partial charge is 0.482 e. The van der Waals surface area contributed by atoms with Gasteiger partial charge in [-0.1, -0.05) is 0 Å². The molecule has 8 nitrogen and oxygen atoms in total. The van der Waals surface area contributed by atoms with Crippen molar-refractivity contribution in [3.8, 4) is 5.75 Å². The first-order valence-corrected chi connectivity index (χ1v) is 9.68. The predicted octanol–water partition coefficient (Wildman–Crippen LogP) is 0.843. The third kappa shape index (κ3) is 5.30. The van der Waals surface area contributed by atoms with Crippen LogP contribution in [0.4, 0.5) is 5.69 Å². The average Bonchev–Trinajstić information content (AvgIpc) is 2.72. The number of hydrogen-bond donors (Lipinski definition) is 1. The van der Waals surface area contributed by atoms with Crippen molar-refractivity contribution >= 4 is 23.3 Å². The monoisotopic (exact) mass is 389 g/mol. The standard InChI is InChI=1S/C20H27N3O5/c1-22-16-13-15(3-5-18(16)28-14-20(22)26)17(24)4-6-19(25)21-7-2-8-23-9-11-27-12-10-23/h3,5,13H,2,4,6-12,14H2,1H3,(H,21,25). The van der Waals surface area contributed by atoms with Gasteiger partial charge < -0.3 is 19.7 Å². The van der Waals surface area contributed by atoms with Gasteiger partial charge in [0.15, 0.2) is 12.4 Å². The van der Waals surface area contributed by atoms with Gasteiger partial charge in [-0.3, -0.25) is 19.3 Å². The molecule has 3 rings (SSSR count). The van der Waals surface area contributed by atoms with E-state index in [4.69, 9.17) is 9.47 Å². The van der Waals surface area contributed by atoms with Crippen LogP contribution in [0.3, 0.4) is 0 Å². The summed E-state index contributed by atoms with van der Waals surface area (Å²) in [5.74, 6) is 0.173. The molecule has 0 radical (unpaired) electrons. The second kappa shape index (κ2) is 9.66. The Kier molecular flexibility index (Phi) is 7.00. The number of nitrogens with zero attached hydrogens (tertiary/aromatic N) is 2. The van der Waals surface area contributed by atoms with Crippen molar-refractivity contribution in [3.05, 3.63) is 23.8 Å². The molecular formula is C20H27N3O5. The van der Waals surface area contributed by atoms with E-state index in [1.54, 1.807) is 25.2 Å². The number of amides is 2. The summed E-state index contributed by atoms with van der Waals surface area (Å²) in [4.78, 5) is 39.9. The number of hydrogen-bond acceptors (Lipinski definition) is 6. The molecule has 1 aromatic carbocycles. The van der Waals surface area contributed by atoms with Crippen molar-refractivity contribution in [2.75, 3.05) is 57.9 Å². The SMILES string of the molecule is CN1C(=O)COc2ccc(C(=O)CCC(=O)NCCCN3CCOCC3)cc21. The molecule has 152 valence electrons. The fraction of sp³-hybridized carbons (Fsp3) is 0.550. The maximum atomic E-state index is 12.4. The zero-order valence-corrected chi connectivity index (χ0v) is 16.2. The van der Waals surface area contributed by atoms with Crippen molar-refractivity contribution in [1.82, 2.24) is 10.2 Å². The summed E-state index contributed by atoms with van der Waals surface area (Å²) in [6.45, 7) is 4.96. The lowest BCUT2D eigenvalue weighted by molar-refractivity contribution is -0.121. The molecule has 2 amide bonds. The lowest BCUT2D eigenvalue weighted by Gasteiger charge is -2.26. The average molecular weight is 389 g/mol. The Morgan fingerprint density at radius 2 is 1.96 bits per heavy atom. The van der Waals surface area contributed by atoms with Crippen molar-refractivity contribution in [2.45, 2.75) is 19.3 Å². The fourth-order valence-electron chi connectivity index (χ4n) is 3.26. The molecule has 0 aliphatic carbocycles. The Labute approximate surface area is 164 Å². The van der Waals surface area contributed by atoms with Crippen LogP contribution in [0.5, 0.6) is 5.75 Å². The van der Waals surface area contributed by atoms with Gasteiger partial charge in [0.1, 0.15) is 5.75 Å². The van der Waals surface area contributed by atoms with E-state index in [9.17, 15) is 14.4 Å². The molecule has 2 heterocycles. The van der Waals surface area contributed by atoms with E-state index >= 15 is 0 Å². The summed E-state index contributed by atoms with van der Waals surface area (Å²) in [5.41, 5.74) is 1.05. The zero-order valence-electron chi connectivity index (χ0n) is 16.2. The van der Waals surface area contributed by atoms with Gasteiger partial charge in [0.2, 0.25) is 5.91 Å². The van der Waals surface area contributed by atoms with E-state index in [-0.39, 0.29) is 37.0 Å². The molecule has 8 heteroatoms. The number of ether oxygens (including phenoxy) is 2. The first-order chi connectivity index (χ1) is 13.5. The highest BCUT2D eigenvalue weighted by Gasteiger charge is 2.23. The van der Waals surface area contributed by atoms with E-state index in [1.165, 1.54) is 4.90 Å². The Balaban J connectivity index is 1.40. The minimum atomic E-state index is -0.159. The second-order valence-corrected chi connectivity index (χ2v) is 7.00. The number of fused-ring (bicyclic) bond motifs is 1. The van der Waals surface area contributed by atoms with Crippen LogP contribution >= 0.6 is 0 Å². The van der Waals surface area contributed by atoms with Crippen molar-refractivity contribution in [3.63, 3.8) is 0 Å². The molecule has 1 fully saturated rings. The van der Waals surface area contributed by atoms with Gasteiger partial charge in [-0.15, -0.1) is 0 Å². The Morgan fingerprint density at radius 1 is 1.18 bits per heavy atom. The maximum Gasteiger partial charge on any atom is 0.264 e. The third-order valence-corrected chi connectivity index (χ3v) is 5.02. The number of morpholine rings is 1. The summed E-state index contributed by atoms with van der Waals surface area (Å²) >= 11 is 0. The summed E-state index contributed by atoms with van der Waals surface area (Å²) in [5, 5.41) is 2.87. The predicted molar refractivity (Wildman–Crippen MR) is 104 cm³/mol. The van der Waals surface area contributed by atoms with Crippen molar-refractivity contribution in [1.29, 1.82) is 0 Å². The molecule has 0 atom stereocenters. The third-order valence-electron chi connectivity index (χ3n) is 5.02. The molecule has 0 unspecified atom stereocenters. The highest BCUT2D eigenvalue weighted by atomic mass is 16.5. The van der Waals surface area contributed by atoms with E-state index in [0.717, 1.165) is 39.3 Å². The van der Waals surface area contributed by atoms with Crippen LogP contribution in [-0.2, 0) is 14.3 Å². The smallest absolute Gasteiger partial charge is 0.264 e. The number of Topliss-reactive ketones (excluding diaryl/α,β-unsaturated/α-hetero) is 1. The number of nitrogens with one attached hydrogen (secondary N) is 1. The highest BCUT2D eigenvalue weighted by Crippen LogP contribution is 2.32. The molecular weight excluding hydrogens is 362 g/mol. The van der Waals surface area contributed by atoms with Gasteiger partial charge in [-0.25, -0.2) is 0 Å². The molecule has 1 aromatic rings. The molecule has 0 bridgehead atoms. The number of ketones is 1. The van der Waals surface area contributed by atoms with Crippen LogP contribution in [0.2, 0.25) is 0 Å². The minimum absolute atomic E-state index is 0.00248. The van der Waals surface area contributed by atoms with Crippen LogP contribution in [0.1, 0.15) is 29.6 Å². The van der Waals surface area contributed by atoms with E-state index in [1.807, 2.05) is 0 Å². The van der Waals surface area contributed by atoms with Crippen LogP contribution in [0.15, 0.2) is 18.2 Å². The molecule has 2 aliphatic heterocycles. The molecule has 1 N–H and O–H groups in total. The van der Waals surface area contributed by atoms with Crippen molar-refractivity contribution < 1.29 is 23.9 Å². The lowest BCUT2D eigenvalue weighted by Crippen LogP contribution is -2.38. The highest BCUT2D eigenvalue weighted by molar-refractivity contribution is 6.02. The van der Waals surface area contributed by atoms with Gasteiger partial charge in [-0.05, 0) is 31.2 Å². The molecule has 0 aromatic heterocycles. The quantitative estimate of drug-likeness (QED) is 0.524. The van der Waals surface area contributed by atoms with Crippen LogP contribution in [0.25, 0.3) is 0 Å². The minimum Gasteiger partial charge on any atom is -0.482 e. The normalized spacial score (nSPS) is 17.0. The topological polar surface area (TPSA) is 88.2 Å².